The molecule has 0 saturated heterocycles. The van der Waals surface area contributed by atoms with E-state index in [2.05, 4.69) is 25.9 Å². The summed E-state index contributed by atoms with van der Waals surface area (Å²) in [4.78, 5) is 8.09. The molecule has 2 aromatic heterocycles. The molecule has 0 atom stereocenters. The molecule has 0 bridgehead atoms. The minimum absolute atomic E-state index is 0.687. The molecule has 0 aromatic carbocycles. The van der Waals surface area contributed by atoms with E-state index >= 15 is 0 Å². The van der Waals surface area contributed by atoms with Crippen molar-refractivity contribution in [1.82, 2.24) is 9.97 Å². The molecule has 0 radical (unpaired) electrons. The molecule has 0 aliphatic carbocycles. The SMILES string of the molecule is Brc1ncccc1OCCCc1ccncc1. The van der Waals surface area contributed by atoms with Gasteiger partial charge in [-0.15, -0.1) is 0 Å². The van der Waals surface area contributed by atoms with Crippen molar-refractivity contribution in [3.8, 4) is 5.75 Å². The molecule has 4 heteroatoms. The smallest absolute Gasteiger partial charge is 0.152 e. The first kappa shape index (κ1) is 12.0. The molecule has 0 aliphatic rings. The fraction of sp³-hybridized carbons (Fsp3) is 0.231. The Labute approximate surface area is 109 Å². The van der Waals surface area contributed by atoms with Crippen LogP contribution in [0, 0.1) is 0 Å². The van der Waals surface area contributed by atoms with Crippen molar-refractivity contribution in [1.29, 1.82) is 0 Å². The molecule has 2 rings (SSSR count). The van der Waals surface area contributed by atoms with Gasteiger partial charge in [-0.05, 0) is 58.6 Å². The first-order valence-electron chi connectivity index (χ1n) is 5.48. The van der Waals surface area contributed by atoms with Crippen LogP contribution in [0.2, 0.25) is 0 Å². The molecule has 0 aliphatic heterocycles. The van der Waals surface area contributed by atoms with E-state index in [0.717, 1.165) is 23.2 Å². The van der Waals surface area contributed by atoms with Crippen LogP contribution in [0.5, 0.6) is 5.75 Å². The zero-order valence-electron chi connectivity index (χ0n) is 9.34. The highest BCUT2D eigenvalue weighted by Gasteiger charge is 2.00. The summed E-state index contributed by atoms with van der Waals surface area (Å²) < 4.78 is 6.39. The molecular formula is C13H13BrN2O. The largest absolute Gasteiger partial charge is 0.491 e. The number of rotatable bonds is 5. The summed E-state index contributed by atoms with van der Waals surface area (Å²) in [5.74, 6) is 0.794. The molecule has 2 heterocycles. The molecule has 0 fully saturated rings. The van der Waals surface area contributed by atoms with Crippen LogP contribution >= 0.6 is 15.9 Å². The lowest BCUT2D eigenvalue weighted by Gasteiger charge is -2.06. The third-order valence-electron chi connectivity index (χ3n) is 2.34. The number of nitrogens with zero attached hydrogens (tertiary/aromatic N) is 2. The summed E-state index contributed by atoms with van der Waals surface area (Å²) in [7, 11) is 0. The summed E-state index contributed by atoms with van der Waals surface area (Å²) in [5.41, 5.74) is 1.29. The zero-order chi connectivity index (χ0) is 11.9. The zero-order valence-corrected chi connectivity index (χ0v) is 10.9. The van der Waals surface area contributed by atoms with Crippen LogP contribution in [-0.2, 0) is 6.42 Å². The molecule has 88 valence electrons. The monoisotopic (exact) mass is 292 g/mol. The van der Waals surface area contributed by atoms with Crippen molar-refractivity contribution in [2.75, 3.05) is 6.61 Å². The number of ether oxygens (including phenoxy) is 1. The molecule has 0 unspecified atom stereocenters. The normalized spacial score (nSPS) is 10.2. The van der Waals surface area contributed by atoms with Crippen LogP contribution in [0.25, 0.3) is 0 Å². The molecular weight excluding hydrogens is 280 g/mol. The summed E-state index contributed by atoms with van der Waals surface area (Å²) in [6.07, 6.45) is 7.33. The number of pyridine rings is 2. The van der Waals surface area contributed by atoms with Crippen LogP contribution in [-0.4, -0.2) is 16.6 Å². The summed E-state index contributed by atoms with van der Waals surface area (Å²) >= 11 is 3.35. The Bertz CT molecular complexity index is 462. The van der Waals surface area contributed by atoms with Gasteiger partial charge >= 0.3 is 0 Å². The summed E-state index contributed by atoms with van der Waals surface area (Å²) in [6.45, 7) is 0.687. The maximum atomic E-state index is 5.63. The molecule has 0 amide bonds. The van der Waals surface area contributed by atoms with E-state index in [0.29, 0.717) is 6.61 Å². The van der Waals surface area contributed by atoms with E-state index in [4.69, 9.17) is 4.74 Å². The second kappa shape index (κ2) is 6.35. The van der Waals surface area contributed by atoms with Gasteiger partial charge in [0.1, 0.15) is 4.60 Å². The van der Waals surface area contributed by atoms with E-state index in [9.17, 15) is 0 Å². The highest BCUT2D eigenvalue weighted by atomic mass is 79.9. The van der Waals surface area contributed by atoms with Gasteiger partial charge in [-0.3, -0.25) is 4.98 Å². The minimum atomic E-state index is 0.687. The van der Waals surface area contributed by atoms with Gasteiger partial charge in [0.05, 0.1) is 6.61 Å². The first-order valence-corrected chi connectivity index (χ1v) is 6.28. The lowest BCUT2D eigenvalue weighted by molar-refractivity contribution is 0.307. The predicted octanol–water partition coefficient (Wildman–Crippen LogP) is 3.25. The topological polar surface area (TPSA) is 35.0 Å². The number of hydrogen-bond acceptors (Lipinski definition) is 3. The highest BCUT2D eigenvalue weighted by Crippen LogP contribution is 2.21. The van der Waals surface area contributed by atoms with Gasteiger partial charge in [-0.2, -0.15) is 0 Å². The molecule has 0 N–H and O–H groups in total. The Morgan fingerprint density at radius 2 is 1.94 bits per heavy atom. The van der Waals surface area contributed by atoms with Crippen molar-refractivity contribution in [2.45, 2.75) is 12.8 Å². The van der Waals surface area contributed by atoms with Crippen LogP contribution in [0.1, 0.15) is 12.0 Å². The van der Waals surface area contributed by atoms with Crippen molar-refractivity contribution in [2.24, 2.45) is 0 Å². The van der Waals surface area contributed by atoms with Crippen LogP contribution in [0.15, 0.2) is 47.5 Å². The molecule has 17 heavy (non-hydrogen) atoms. The van der Waals surface area contributed by atoms with Gasteiger partial charge in [0.15, 0.2) is 5.75 Å². The standard InChI is InChI=1S/C13H13BrN2O/c14-13-12(4-1-7-16-13)17-10-2-3-11-5-8-15-9-6-11/h1,4-9H,2-3,10H2. The van der Waals surface area contributed by atoms with Crippen molar-refractivity contribution in [3.63, 3.8) is 0 Å². The lowest BCUT2D eigenvalue weighted by Crippen LogP contribution is -2.00. The van der Waals surface area contributed by atoms with E-state index in [1.807, 2.05) is 36.7 Å². The Morgan fingerprint density at radius 3 is 2.71 bits per heavy atom. The Hall–Kier alpha value is -1.42. The van der Waals surface area contributed by atoms with Crippen molar-refractivity contribution >= 4 is 15.9 Å². The number of aromatic nitrogens is 2. The number of hydrogen-bond donors (Lipinski definition) is 0. The van der Waals surface area contributed by atoms with Gasteiger partial charge in [0.2, 0.25) is 0 Å². The minimum Gasteiger partial charge on any atom is -0.491 e. The second-order valence-corrected chi connectivity index (χ2v) is 4.35. The molecule has 2 aromatic rings. The molecule has 0 spiro atoms. The summed E-state index contributed by atoms with van der Waals surface area (Å²) in [6, 6.07) is 7.83. The molecule has 0 saturated carbocycles. The Kier molecular flexibility index (Phi) is 4.50. The quantitative estimate of drug-likeness (QED) is 0.627. The van der Waals surface area contributed by atoms with Crippen LogP contribution < -0.4 is 4.74 Å². The maximum Gasteiger partial charge on any atom is 0.152 e. The highest BCUT2D eigenvalue weighted by molar-refractivity contribution is 9.10. The molecule has 3 nitrogen and oxygen atoms in total. The fourth-order valence-corrected chi connectivity index (χ4v) is 1.85. The van der Waals surface area contributed by atoms with E-state index in [1.165, 1.54) is 5.56 Å². The second-order valence-electron chi connectivity index (χ2n) is 3.60. The predicted molar refractivity (Wildman–Crippen MR) is 70.0 cm³/mol. The van der Waals surface area contributed by atoms with E-state index < -0.39 is 0 Å². The van der Waals surface area contributed by atoms with Crippen molar-refractivity contribution in [3.05, 3.63) is 53.0 Å². The van der Waals surface area contributed by atoms with Gasteiger partial charge < -0.3 is 4.74 Å². The average molecular weight is 293 g/mol. The maximum absolute atomic E-state index is 5.63. The third-order valence-corrected chi connectivity index (χ3v) is 2.94. The Morgan fingerprint density at radius 1 is 1.12 bits per heavy atom. The van der Waals surface area contributed by atoms with Gasteiger partial charge in [0, 0.05) is 18.6 Å². The Balaban J connectivity index is 1.76. The first-order chi connectivity index (χ1) is 8.36. The van der Waals surface area contributed by atoms with Gasteiger partial charge in [0.25, 0.3) is 0 Å². The van der Waals surface area contributed by atoms with Crippen molar-refractivity contribution < 1.29 is 4.74 Å². The fourth-order valence-electron chi connectivity index (χ4n) is 1.49. The number of halogens is 1. The lowest BCUT2D eigenvalue weighted by atomic mass is 10.1. The van der Waals surface area contributed by atoms with E-state index in [-0.39, 0.29) is 0 Å². The van der Waals surface area contributed by atoms with E-state index in [1.54, 1.807) is 6.20 Å². The third kappa shape index (κ3) is 3.82. The van der Waals surface area contributed by atoms with Gasteiger partial charge in [-0.1, -0.05) is 0 Å². The average Bonchev–Trinajstić information content (AvgIpc) is 2.38. The summed E-state index contributed by atoms with van der Waals surface area (Å²) in [5, 5.41) is 0. The van der Waals surface area contributed by atoms with Crippen LogP contribution in [0.3, 0.4) is 0 Å². The number of aryl methyl sites for hydroxylation is 1. The van der Waals surface area contributed by atoms with Crippen LogP contribution in [0.4, 0.5) is 0 Å². The van der Waals surface area contributed by atoms with Gasteiger partial charge in [-0.25, -0.2) is 4.98 Å².